The number of ether oxygens (including phenoxy) is 1. The molecule has 0 atom stereocenters. The smallest absolute Gasteiger partial charge is 0.275 e. The fourth-order valence-corrected chi connectivity index (χ4v) is 3.11. The molecule has 0 radical (unpaired) electrons. The zero-order chi connectivity index (χ0) is 19.5. The molecule has 8 heteroatoms. The van der Waals surface area contributed by atoms with Crippen LogP contribution in [0.4, 0.5) is 15.9 Å². The lowest BCUT2D eigenvalue weighted by Crippen LogP contribution is -2.54. The molecule has 6 nitrogen and oxygen atoms in total. The maximum Gasteiger partial charge on any atom is 0.275 e. The normalized spacial score (nSPS) is 13.7. The number of carbonyl (C=O) groups excluding carboxylic acids is 1. The Labute approximate surface area is 169 Å². The number of carbonyl (C=O) groups is 1. The molecule has 1 aliphatic rings. The molecule has 1 aliphatic heterocycles. The Morgan fingerprint density at radius 1 is 1.14 bits per heavy atom. The van der Waals surface area contributed by atoms with Crippen molar-refractivity contribution in [1.82, 2.24) is 9.97 Å². The summed E-state index contributed by atoms with van der Waals surface area (Å²) in [5, 5.41) is 2.77. The summed E-state index contributed by atoms with van der Waals surface area (Å²) in [5.74, 6) is 0.480. The molecule has 2 heterocycles. The summed E-state index contributed by atoms with van der Waals surface area (Å²) in [6.07, 6.45) is 2.94. The molecule has 1 amide bonds. The van der Waals surface area contributed by atoms with Crippen LogP contribution in [-0.4, -0.2) is 35.1 Å². The second kappa shape index (κ2) is 7.93. The first-order valence-electron chi connectivity index (χ1n) is 8.63. The molecule has 2 aromatic carbocycles. The lowest BCUT2D eigenvalue weighted by Gasteiger charge is -2.39. The average molecular weight is 443 g/mol. The van der Waals surface area contributed by atoms with Crippen molar-refractivity contribution in [3.63, 3.8) is 0 Å². The minimum Gasteiger partial charge on any atom is -0.485 e. The summed E-state index contributed by atoms with van der Waals surface area (Å²) in [6.45, 7) is 1.21. The summed E-state index contributed by atoms with van der Waals surface area (Å²) in [4.78, 5) is 22.7. The highest BCUT2D eigenvalue weighted by atomic mass is 79.9. The van der Waals surface area contributed by atoms with Gasteiger partial charge in [-0.2, -0.15) is 0 Å². The topological polar surface area (TPSA) is 67.4 Å². The number of hydrogen-bond acceptors (Lipinski definition) is 5. The Morgan fingerprint density at radius 3 is 2.64 bits per heavy atom. The highest BCUT2D eigenvalue weighted by molar-refractivity contribution is 9.10. The van der Waals surface area contributed by atoms with Crippen molar-refractivity contribution >= 4 is 33.3 Å². The number of rotatable bonds is 5. The predicted molar refractivity (Wildman–Crippen MR) is 107 cm³/mol. The minimum atomic E-state index is -0.343. The van der Waals surface area contributed by atoms with Gasteiger partial charge in [-0.3, -0.25) is 4.79 Å². The van der Waals surface area contributed by atoms with Crippen LogP contribution < -0.4 is 15.0 Å². The van der Waals surface area contributed by atoms with Crippen molar-refractivity contribution in [2.75, 3.05) is 23.3 Å². The van der Waals surface area contributed by atoms with E-state index >= 15 is 0 Å². The summed E-state index contributed by atoms with van der Waals surface area (Å²) < 4.78 is 19.9. The number of nitrogens with one attached hydrogen (secondary N) is 1. The second-order valence-electron chi connectivity index (χ2n) is 6.30. The van der Waals surface area contributed by atoms with Crippen molar-refractivity contribution < 1.29 is 13.9 Å². The number of hydrogen-bond donors (Lipinski definition) is 1. The van der Waals surface area contributed by atoms with Gasteiger partial charge in [0.15, 0.2) is 0 Å². The molecule has 0 aliphatic carbocycles. The lowest BCUT2D eigenvalue weighted by atomic mass is 10.1. The van der Waals surface area contributed by atoms with Crippen LogP contribution in [0.3, 0.4) is 0 Å². The van der Waals surface area contributed by atoms with Gasteiger partial charge in [0.2, 0.25) is 0 Å². The summed E-state index contributed by atoms with van der Waals surface area (Å²) in [5.41, 5.74) is 0.939. The summed E-state index contributed by atoms with van der Waals surface area (Å²) >= 11 is 3.35. The van der Waals surface area contributed by atoms with Gasteiger partial charge in [0.25, 0.3) is 5.91 Å². The number of para-hydroxylation sites is 1. The van der Waals surface area contributed by atoms with Crippen LogP contribution in [0.15, 0.2) is 65.4 Å². The number of anilines is 2. The Morgan fingerprint density at radius 2 is 1.93 bits per heavy atom. The molecule has 1 saturated heterocycles. The fourth-order valence-electron chi connectivity index (χ4n) is 2.77. The van der Waals surface area contributed by atoms with Crippen molar-refractivity contribution in [3.8, 4) is 5.75 Å². The third kappa shape index (κ3) is 4.12. The molecule has 0 unspecified atom stereocenters. The highest BCUT2D eigenvalue weighted by Crippen LogP contribution is 2.29. The molecule has 4 rings (SSSR count). The molecule has 0 saturated carbocycles. The number of benzene rings is 2. The Balaban J connectivity index is 1.33. The largest absolute Gasteiger partial charge is 0.485 e. The zero-order valence-electron chi connectivity index (χ0n) is 14.7. The number of nitrogens with zero attached hydrogens (tertiary/aromatic N) is 3. The van der Waals surface area contributed by atoms with Crippen LogP contribution in [0.25, 0.3) is 0 Å². The van der Waals surface area contributed by atoms with E-state index in [1.54, 1.807) is 24.4 Å². The number of aromatic nitrogens is 2. The fraction of sp³-hybridized carbons (Fsp3) is 0.150. The van der Waals surface area contributed by atoms with Gasteiger partial charge in [0, 0.05) is 11.8 Å². The van der Waals surface area contributed by atoms with Gasteiger partial charge < -0.3 is 15.0 Å². The molecule has 0 bridgehead atoms. The van der Waals surface area contributed by atoms with E-state index in [0.717, 1.165) is 0 Å². The standard InChI is InChI=1S/C20H16BrFN4O2/c21-16-7-6-13(22)8-18(16)28-15-11-26(12-15)19-10-23-17(9-24-19)20(27)25-14-4-2-1-3-5-14/h1-10,15H,11-12H2,(H,25,27). The second-order valence-corrected chi connectivity index (χ2v) is 7.15. The maximum absolute atomic E-state index is 13.3. The molecule has 1 aromatic heterocycles. The zero-order valence-corrected chi connectivity index (χ0v) is 16.3. The van der Waals surface area contributed by atoms with E-state index in [0.29, 0.717) is 34.8 Å². The predicted octanol–water partition coefficient (Wildman–Crippen LogP) is 3.90. The van der Waals surface area contributed by atoms with Gasteiger partial charge in [-0.15, -0.1) is 0 Å². The minimum absolute atomic E-state index is 0.0686. The molecule has 28 heavy (non-hydrogen) atoms. The molecule has 0 spiro atoms. The molecule has 1 N–H and O–H groups in total. The third-order valence-corrected chi connectivity index (χ3v) is 4.92. The van der Waals surface area contributed by atoms with Crippen LogP contribution >= 0.6 is 15.9 Å². The first kappa shape index (κ1) is 18.4. The monoisotopic (exact) mass is 442 g/mol. The van der Waals surface area contributed by atoms with Gasteiger partial charge in [0.05, 0.1) is 30.0 Å². The number of halogens is 2. The Kier molecular flexibility index (Phi) is 5.21. The van der Waals surface area contributed by atoms with E-state index in [-0.39, 0.29) is 23.5 Å². The maximum atomic E-state index is 13.3. The van der Waals surface area contributed by atoms with Gasteiger partial charge in [-0.1, -0.05) is 18.2 Å². The summed E-state index contributed by atoms with van der Waals surface area (Å²) in [7, 11) is 0. The van der Waals surface area contributed by atoms with E-state index in [1.165, 1.54) is 18.3 Å². The van der Waals surface area contributed by atoms with Crippen LogP contribution in [-0.2, 0) is 0 Å². The Hall–Kier alpha value is -3.00. The van der Waals surface area contributed by atoms with E-state index in [4.69, 9.17) is 4.74 Å². The van der Waals surface area contributed by atoms with Crippen molar-refractivity contribution in [1.29, 1.82) is 0 Å². The molecular formula is C20H16BrFN4O2. The SMILES string of the molecule is O=C(Nc1ccccc1)c1cnc(N2CC(Oc3cc(F)ccc3Br)C2)cn1. The van der Waals surface area contributed by atoms with Gasteiger partial charge in [-0.05, 0) is 40.2 Å². The van der Waals surface area contributed by atoms with Crippen molar-refractivity contribution in [3.05, 3.63) is 76.9 Å². The van der Waals surface area contributed by atoms with Gasteiger partial charge in [-0.25, -0.2) is 14.4 Å². The van der Waals surface area contributed by atoms with Crippen molar-refractivity contribution in [2.45, 2.75) is 6.10 Å². The molecular weight excluding hydrogens is 427 g/mol. The van der Waals surface area contributed by atoms with E-state index in [2.05, 4.69) is 31.2 Å². The third-order valence-electron chi connectivity index (χ3n) is 4.26. The first-order chi connectivity index (χ1) is 13.6. The van der Waals surface area contributed by atoms with E-state index < -0.39 is 0 Å². The van der Waals surface area contributed by atoms with Crippen molar-refractivity contribution in [2.24, 2.45) is 0 Å². The Bertz CT molecular complexity index is 979. The van der Waals surface area contributed by atoms with Gasteiger partial charge >= 0.3 is 0 Å². The first-order valence-corrected chi connectivity index (χ1v) is 9.43. The molecule has 1 fully saturated rings. The number of amides is 1. The van der Waals surface area contributed by atoms with Gasteiger partial charge in [0.1, 0.15) is 29.2 Å². The van der Waals surface area contributed by atoms with E-state index in [1.807, 2.05) is 23.1 Å². The van der Waals surface area contributed by atoms with E-state index in [9.17, 15) is 9.18 Å². The highest BCUT2D eigenvalue weighted by Gasteiger charge is 2.30. The average Bonchev–Trinajstić information content (AvgIpc) is 2.68. The van der Waals surface area contributed by atoms with Crippen LogP contribution in [0.5, 0.6) is 5.75 Å². The lowest BCUT2D eigenvalue weighted by molar-refractivity contribution is 0.102. The van der Waals surface area contributed by atoms with Crippen LogP contribution in [0, 0.1) is 5.82 Å². The molecule has 3 aromatic rings. The molecule has 142 valence electrons. The summed E-state index contributed by atoms with van der Waals surface area (Å²) in [6, 6.07) is 13.5. The van der Waals surface area contributed by atoms with Crippen LogP contribution in [0.2, 0.25) is 0 Å². The van der Waals surface area contributed by atoms with Crippen LogP contribution in [0.1, 0.15) is 10.5 Å². The quantitative estimate of drug-likeness (QED) is 0.648.